The molecule has 3 fully saturated rings. The third-order valence-corrected chi connectivity index (χ3v) is 4.96. The molecule has 2 aliphatic heterocycles. The summed E-state index contributed by atoms with van der Waals surface area (Å²) in [6, 6.07) is 0. The molecule has 20 heavy (non-hydrogen) atoms. The Morgan fingerprint density at radius 2 is 2.10 bits per heavy atom. The fraction of sp³-hybridized carbons (Fsp3) is 0.875. The van der Waals surface area contributed by atoms with E-state index >= 15 is 0 Å². The molecule has 0 amide bonds. The van der Waals surface area contributed by atoms with E-state index in [1.165, 1.54) is 32.1 Å². The van der Waals surface area contributed by atoms with Crippen LogP contribution in [0.15, 0.2) is 12.7 Å². The fourth-order valence-corrected chi connectivity index (χ4v) is 3.68. The number of rotatable bonds is 5. The zero-order chi connectivity index (χ0) is 14.0. The first-order chi connectivity index (χ1) is 9.77. The van der Waals surface area contributed by atoms with E-state index in [1.807, 2.05) is 0 Å². The van der Waals surface area contributed by atoms with Gasteiger partial charge in [-0.2, -0.15) is 0 Å². The van der Waals surface area contributed by atoms with E-state index in [4.69, 9.17) is 18.9 Å². The van der Waals surface area contributed by atoms with Crippen molar-refractivity contribution >= 4 is 0 Å². The van der Waals surface area contributed by atoms with Crippen molar-refractivity contribution in [3.8, 4) is 0 Å². The molecule has 0 N–H and O–H groups in total. The van der Waals surface area contributed by atoms with Gasteiger partial charge in [-0.25, -0.2) is 0 Å². The van der Waals surface area contributed by atoms with Crippen LogP contribution in [0.25, 0.3) is 0 Å². The molecule has 0 aromatic rings. The molecule has 1 saturated carbocycles. The summed E-state index contributed by atoms with van der Waals surface area (Å²) in [6.45, 7) is 5.25. The molecule has 1 aliphatic carbocycles. The van der Waals surface area contributed by atoms with Crippen LogP contribution in [0.4, 0.5) is 0 Å². The Morgan fingerprint density at radius 3 is 2.80 bits per heavy atom. The Kier molecular flexibility index (Phi) is 4.46. The maximum absolute atomic E-state index is 6.15. The Morgan fingerprint density at radius 1 is 1.30 bits per heavy atom. The highest BCUT2D eigenvalue weighted by molar-refractivity contribution is 5.06. The van der Waals surface area contributed by atoms with Gasteiger partial charge in [0.2, 0.25) is 5.79 Å². The van der Waals surface area contributed by atoms with Crippen LogP contribution in [0.5, 0.6) is 0 Å². The predicted molar refractivity (Wildman–Crippen MR) is 75.5 cm³/mol. The van der Waals surface area contributed by atoms with Gasteiger partial charge in [0.05, 0.1) is 12.7 Å². The lowest BCUT2D eigenvalue weighted by Gasteiger charge is -2.39. The maximum atomic E-state index is 6.15. The Balaban J connectivity index is 1.56. The maximum Gasteiger partial charge on any atom is 0.215 e. The van der Waals surface area contributed by atoms with Gasteiger partial charge in [-0.05, 0) is 24.8 Å². The first kappa shape index (κ1) is 14.5. The molecule has 114 valence electrons. The zero-order valence-electron chi connectivity index (χ0n) is 12.4. The summed E-state index contributed by atoms with van der Waals surface area (Å²) in [5.41, 5.74) is 0. The minimum absolute atomic E-state index is 0.0167. The monoisotopic (exact) mass is 282 g/mol. The number of hydrogen-bond acceptors (Lipinski definition) is 4. The summed E-state index contributed by atoms with van der Waals surface area (Å²) < 4.78 is 23.5. The molecule has 0 radical (unpaired) electrons. The number of ether oxygens (including phenoxy) is 4. The lowest BCUT2D eigenvalue weighted by atomic mass is 9.90. The van der Waals surface area contributed by atoms with Gasteiger partial charge in [0.15, 0.2) is 0 Å². The molecule has 4 heteroatoms. The third-order valence-electron chi connectivity index (χ3n) is 4.96. The number of fused-ring (bicyclic) bond motifs is 2. The average molecular weight is 282 g/mol. The van der Waals surface area contributed by atoms with Crippen LogP contribution in [0.2, 0.25) is 0 Å². The first-order valence-electron chi connectivity index (χ1n) is 7.87. The van der Waals surface area contributed by atoms with Gasteiger partial charge < -0.3 is 18.9 Å². The van der Waals surface area contributed by atoms with Crippen molar-refractivity contribution in [2.45, 2.75) is 62.6 Å². The summed E-state index contributed by atoms with van der Waals surface area (Å²) in [6.07, 6.45) is 9.20. The lowest BCUT2D eigenvalue weighted by Crippen LogP contribution is -2.52. The van der Waals surface area contributed by atoms with E-state index in [0.717, 1.165) is 18.9 Å². The first-order valence-corrected chi connectivity index (χ1v) is 7.87. The molecule has 1 unspecified atom stereocenters. The van der Waals surface area contributed by atoms with E-state index in [1.54, 1.807) is 13.2 Å². The summed E-state index contributed by atoms with van der Waals surface area (Å²) >= 11 is 0. The second-order valence-electron chi connectivity index (χ2n) is 6.23. The largest absolute Gasteiger partial charge is 0.375 e. The highest BCUT2D eigenvalue weighted by atomic mass is 16.8. The highest BCUT2D eigenvalue weighted by Gasteiger charge is 2.54. The normalized spacial score (nSPS) is 41.8. The van der Waals surface area contributed by atoms with E-state index in [-0.39, 0.29) is 18.3 Å². The standard InChI is InChI=1S/C16H26O4/c1-3-16-15(17-2)9-13(14(20-16)11-19-16)18-10-12-7-5-4-6-8-12/h3,12-15H,1,4-11H2,2H3/t13-,14+,15+,16?/m0/s1. The molecule has 2 bridgehead atoms. The smallest absolute Gasteiger partial charge is 0.215 e. The summed E-state index contributed by atoms with van der Waals surface area (Å²) in [4.78, 5) is 0. The molecular formula is C16H26O4. The van der Waals surface area contributed by atoms with Crippen LogP contribution >= 0.6 is 0 Å². The highest BCUT2D eigenvalue weighted by Crippen LogP contribution is 2.40. The van der Waals surface area contributed by atoms with Gasteiger partial charge in [0, 0.05) is 20.1 Å². The lowest BCUT2D eigenvalue weighted by molar-refractivity contribution is -0.247. The van der Waals surface area contributed by atoms with Crippen molar-refractivity contribution in [2.24, 2.45) is 5.92 Å². The zero-order valence-corrected chi connectivity index (χ0v) is 12.4. The molecule has 2 saturated heterocycles. The Hall–Kier alpha value is -0.420. The van der Waals surface area contributed by atoms with E-state index < -0.39 is 5.79 Å². The second kappa shape index (κ2) is 6.14. The van der Waals surface area contributed by atoms with E-state index in [0.29, 0.717) is 6.61 Å². The molecule has 4 atom stereocenters. The molecule has 4 nitrogen and oxygen atoms in total. The van der Waals surface area contributed by atoms with Crippen molar-refractivity contribution in [3.63, 3.8) is 0 Å². The second-order valence-corrected chi connectivity index (χ2v) is 6.23. The fourth-order valence-electron chi connectivity index (χ4n) is 3.68. The van der Waals surface area contributed by atoms with Gasteiger partial charge in [-0.1, -0.05) is 25.8 Å². The Bertz CT molecular complexity index is 339. The minimum atomic E-state index is -0.760. The third kappa shape index (κ3) is 2.67. The van der Waals surface area contributed by atoms with Crippen LogP contribution in [0.3, 0.4) is 0 Å². The molecule has 2 heterocycles. The molecular weight excluding hydrogens is 256 g/mol. The van der Waals surface area contributed by atoms with Crippen LogP contribution in [0.1, 0.15) is 38.5 Å². The van der Waals surface area contributed by atoms with Gasteiger partial charge in [0.1, 0.15) is 12.2 Å². The molecule has 0 aromatic heterocycles. The number of hydrogen-bond donors (Lipinski definition) is 0. The van der Waals surface area contributed by atoms with Gasteiger partial charge in [-0.15, -0.1) is 0 Å². The average Bonchev–Trinajstić information content (AvgIpc) is 2.89. The summed E-state index contributed by atoms with van der Waals surface area (Å²) in [5.74, 6) is -0.0393. The topological polar surface area (TPSA) is 36.9 Å². The van der Waals surface area contributed by atoms with Crippen molar-refractivity contribution in [1.29, 1.82) is 0 Å². The van der Waals surface area contributed by atoms with Gasteiger partial charge >= 0.3 is 0 Å². The van der Waals surface area contributed by atoms with Crippen molar-refractivity contribution in [3.05, 3.63) is 12.7 Å². The van der Waals surface area contributed by atoms with Crippen molar-refractivity contribution in [1.82, 2.24) is 0 Å². The number of methoxy groups -OCH3 is 1. The molecule has 0 spiro atoms. The van der Waals surface area contributed by atoms with E-state index in [2.05, 4.69) is 6.58 Å². The quantitative estimate of drug-likeness (QED) is 0.727. The molecule has 3 aliphatic rings. The van der Waals surface area contributed by atoms with Crippen molar-refractivity contribution in [2.75, 3.05) is 20.3 Å². The van der Waals surface area contributed by atoms with Crippen LogP contribution in [0, 0.1) is 5.92 Å². The minimum Gasteiger partial charge on any atom is -0.375 e. The van der Waals surface area contributed by atoms with Gasteiger partial charge in [0.25, 0.3) is 0 Å². The van der Waals surface area contributed by atoms with Crippen LogP contribution in [-0.4, -0.2) is 44.4 Å². The van der Waals surface area contributed by atoms with Crippen LogP contribution < -0.4 is 0 Å². The van der Waals surface area contributed by atoms with Gasteiger partial charge in [-0.3, -0.25) is 0 Å². The summed E-state index contributed by atoms with van der Waals surface area (Å²) in [5, 5.41) is 0. The van der Waals surface area contributed by atoms with Crippen molar-refractivity contribution < 1.29 is 18.9 Å². The molecule has 0 aromatic carbocycles. The SMILES string of the molecule is C=CC12OC[C@@H](O1)[C@@H](OCC1CCCCC1)C[C@H]2OC. The van der Waals surface area contributed by atoms with E-state index in [9.17, 15) is 0 Å². The Labute approximate surface area is 121 Å². The predicted octanol–water partition coefficient (Wildman–Crippen LogP) is 2.67. The van der Waals surface area contributed by atoms with Crippen LogP contribution in [-0.2, 0) is 18.9 Å². The molecule has 3 rings (SSSR count). The summed E-state index contributed by atoms with van der Waals surface area (Å²) in [7, 11) is 1.69.